The van der Waals surface area contributed by atoms with Gasteiger partial charge >= 0.3 is 12.1 Å². The quantitative estimate of drug-likeness (QED) is 0.249. The number of rotatable bonds is 7. The summed E-state index contributed by atoms with van der Waals surface area (Å²) in [5.74, 6) is -2.54. The highest BCUT2D eigenvalue weighted by Gasteiger charge is 2.39. The molecule has 1 aliphatic heterocycles. The first-order chi connectivity index (χ1) is 21.0. The molecule has 15 heteroatoms. The molecule has 10 nitrogen and oxygen atoms in total. The van der Waals surface area contributed by atoms with Gasteiger partial charge in [-0.2, -0.15) is 13.2 Å². The van der Waals surface area contributed by atoms with Crippen molar-refractivity contribution in [1.29, 1.82) is 0 Å². The number of carboxylic acids is 1. The number of fused-ring (bicyclic) bond motifs is 1. The van der Waals surface area contributed by atoms with Crippen molar-refractivity contribution in [3.63, 3.8) is 0 Å². The van der Waals surface area contributed by atoms with Gasteiger partial charge in [0.2, 0.25) is 10.0 Å². The molecule has 1 aromatic heterocycles. The number of aromatic amines is 1. The SMILES string of the molecule is CC(C)(C)N1C(=O)C=C(c2ccc(C[C@H](NS(=O)(=O)c3ccccc3)c3nc4ccccc4[nH]3)cc2)S1=O.O=C(O)C(F)(F)F. The van der Waals surface area contributed by atoms with Crippen LogP contribution in [0.3, 0.4) is 0 Å². The molecule has 1 unspecified atom stereocenters. The normalized spacial score (nSPS) is 16.2. The molecule has 0 bridgehead atoms. The summed E-state index contributed by atoms with van der Waals surface area (Å²) < 4.78 is 75.4. The number of hydrogen-bond donors (Lipinski definition) is 3. The summed E-state index contributed by atoms with van der Waals surface area (Å²) >= 11 is 0. The maximum atomic E-state index is 13.2. The minimum absolute atomic E-state index is 0.167. The third-order valence-corrected chi connectivity index (χ3v) is 9.70. The van der Waals surface area contributed by atoms with E-state index in [2.05, 4.69) is 14.7 Å². The Morgan fingerprint density at radius 1 is 1.00 bits per heavy atom. The van der Waals surface area contributed by atoms with Crippen molar-refractivity contribution in [2.45, 2.75) is 49.8 Å². The van der Waals surface area contributed by atoms with E-state index in [0.29, 0.717) is 22.7 Å². The second kappa shape index (κ2) is 12.9. The molecule has 1 amide bonds. The van der Waals surface area contributed by atoms with E-state index in [9.17, 15) is 30.6 Å². The number of para-hydroxylation sites is 2. The fourth-order valence-corrected chi connectivity index (χ4v) is 7.06. The number of benzene rings is 3. The number of imidazole rings is 1. The molecule has 2 atom stereocenters. The number of carbonyl (C=O) groups is 2. The molecule has 45 heavy (non-hydrogen) atoms. The van der Waals surface area contributed by atoms with Crippen molar-refractivity contribution in [1.82, 2.24) is 19.0 Å². The summed E-state index contributed by atoms with van der Waals surface area (Å²) in [5.41, 5.74) is 2.50. The minimum Gasteiger partial charge on any atom is -0.475 e. The molecular weight excluding hydrogens is 633 g/mol. The van der Waals surface area contributed by atoms with Crippen molar-refractivity contribution in [3.8, 4) is 0 Å². The molecule has 0 spiro atoms. The van der Waals surface area contributed by atoms with Gasteiger partial charge in [-0.25, -0.2) is 31.4 Å². The lowest BCUT2D eigenvalue weighted by Crippen LogP contribution is -2.43. The van der Waals surface area contributed by atoms with Crippen molar-refractivity contribution < 1.29 is 40.5 Å². The van der Waals surface area contributed by atoms with Gasteiger partial charge in [-0.05, 0) is 62.6 Å². The Morgan fingerprint density at radius 3 is 2.11 bits per heavy atom. The smallest absolute Gasteiger partial charge is 0.475 e. The highest BCUT2D eigenvalue weighted by molar-refractivity contribution is 7.93. The Kier molecular flexibility index (Phi) is 9.65. The second-order valence-electron chi connectivity index (χ2n) is 10.9. The Balaban J connectivity index is 0.000000591. The number of nitrogens with one attached hydrogen (secondary N) is 2. The fourth-order valence-electron chi connectivity index (χ4n) is 4.39. The summed E-state index contributed by atoms with van der Waals surface area (Å²) in [6.45, 7) is 5.53. The minimum atomic E-state index is -5.08. The number of alkyl halides is 3. The van der Waals surface area contributed by atoms with E-state index >= 15 is 0 Å². The molecule has 3 N–H and O–H groups in total. The van der Waals surface area contributed by atoms with Crippen LogP contribution in [0.4, 0.5) is 13.2 Å². The van der Waals surface area contributed by atoms with Gasteiger partial charge < -0.3 is 10.1 Å². The number of nitrogens with zero attached hydrogens (tertiary/aromatic N) is 2. The van der Waals surface area contributed by atoms with E-state index in [1.54, 1.807) is 42.5 Å². The van der Waals surface area contributed by atoms with Crippen molar-refractivity contribution in [3.05, 3.63) is 102 Å². The number of aliphatic carboxylic acids is 1. The van der Waals surface area contributed by atoms with Gasteiger partial charge in [0.1, 0.15) is 5.82 Å². The lowest BCUT2D eigenvalue weighted by molar-refractivity contribution is -0.192. The van der Waals surface area contributed by atoms with Gasteiger partial charge in [-0.15, -0.1) is 0 Å². The number of hydrogen-bond acceptors (Lipinski definition) is 6. The van der Waals surface area contributed by atoms with Gasteiger partial charge in [0.25, 0.3) is 5.91 Å². The highest BCUT2D eigenvalue weighted by atomic mass is 32.2. The van der Waals surface area contributed by atoms with Crippen molar-refractivity contribution >= 4 is 48.8 Å². The van der Waals surface area contributed by atoms with Crippen LogP contribution in [0.25, 0.3) is 15.9 Å². The van der Waals surface area contributed by atoms with E-state index in [1.165, 1.54) is 10.4 Å². The van der Waals surface area contributed by atoms with Crippen molar-refractivity contribution in [2.75, 3.05) is 0 Å². The van der Waals surface area contributed by atoms with Crippen LogP contribution >= 0.6 is 0 Å². The van der Waals surface area contributed by atoms with Crippen molar-refractivity contribution in [2.24, 2.45) is 0 Å². The third-order valence-electron chi connectivity index (χ3n) is 6.43. The molecule has 0 fully saturated rings. The standard InChI is InChI=1S/C28H28N4O4S2.C2HF3O2/c1-28(2,3)32-26(33)18-25(37(32)34)20-15-13-19(14-16-20)17-24(27-29-22-11-7-8-12-23(22)30-27)31-38(35,36)21-9-5-4-6-10-21;3-2(4,5)1(6)7/h4-16,18,24,31H,17H2,1-3H3,(H,29,30);(H,6,7)/t24-,37?;/m0./s1. The second-order valence-corrected chi connectivity index (χ2v) is 13.9. The van der Waals surface area contributed by atoms with Gasteiger partial charge in [0, 0.05) is 11.6 Å². The number of halogens is 3. The number of carbonyl (C=O) groups excluding carboxylic acids is 1. The Labute approximate surface area is 259 Å². The molecule has 0 aliphatic carbocycles. The summed E-state index contributed by atoms with van der Waals surface area (Å²) in [7, 11) is -5.42. The molecule has 0 radical (unpaired) electrons. The number of amides is 1. The molecule has 1 aliphatic rings. The van der Waals surface area contributed by atoms with Crippen LogP contribution in [0.2, 0.25) is 0 Å². The summed E-state index contributed by atoms with van der Waals surface area (Å²) in [6.07, 6.45) is -3.34. The average molecular weight is 663 g/mol. The van der Waals surface area contributed by atoms with E-state index in [0.717, 1.165) is 16.6 Å². The van der Waals surface area contributed by atoms with Crippen LogP contribution in [0.5, 0.6) is 0 Å². The van der Waals surface area contributed by atoms with E-state index in [1.807, 2.05) is 57.2 Å². The third kappa shape index (κ3) is 8.04. The van der Waals surface area contributed by atoms with Crippen LogP contribution in [-0.2, 0) is 37.0 Å². The lowest BCUT2D eigenvalue weighted by Gasteiger charge is -2.30. The fraction of sp³-hybridized carbons (Fsp3) is 0.233. The van der Waals surface area contributed by atoms with Gasteiger partial charge in [0.05, 0.1) is 26.9 Å². The summed E-state index contributed by atoms with van der Waals surface area (Å²) in [4.78, 5) is 29.9. The van der Waals surface area contributed by atoms with Crippen LogP contribution in [0, 0.1) is 0 Å². The molecule has 0 saturated heterocycles. The van der Waals surface area contributed by atoms with Crippen LogP contribution in [0.1, 0.15) is 43.8 Å². The molecule has 4 aromatic rings. The van der Waals surface area contributed by atoms with E-state index in [-0.39, 0.29) is 10.8 Å². The molecular formula is C30H29F3N4O6S2. The zero-order valence-corrected chi connectivity index (χ0v) is 25.8. The number of H-pyrrole nitrogens is 1. The van der Waals surface area contributed by atoms with Gasteiger partial charge in [-0.3, -0.25) is 4.79 Å². The summed E-state index contributed by atoms with van der Waals surface area (Å²) in [5, 5.41) is 7.12. The topological polar surface area (TPSA) is 150 Å². The average Bonchev–Trinajstić information content (AvgIpc) is 3.53. The molecule has 3 aromatic carbocycles. The van der Waals surface area contributed by atoms with Crippen LogP contribution in [-0.4, -0.2) is 55.6 Å². The predicted octanol–water partition coefficient (Wildman–Crippen LogP) is 5.10. The van der Waals surface area contributed by atoms with E-state index in [4.69, 9.17) is 9.90 Å². The largest absolute Gasteiger partial charge is 0.490 e. The van der Waals surface area contributed by atoms with Crippen LogP contribution < -0.4 is 4.72 Å². The first kappa shape index (κ1) is 33.6. The zero-order chi connectivity index (χ0) is 33.2. The summed E-state index contributed by atoms with van der Waals surface area (Å²) in [6, 6.07) is 22.4. The predicted molar refractivity (Wildman–Crippen MR) is 162 cm³/mol. The number of carboxylic acid groups (broad SMARTS) is 1. The van der Waals surface area contributed by atoms with E-state index < -0.39 is 44.7 Å². The van der Waals surface area contributed by atoms with Gasteiger partial charge in [-0.1, -0.05) is 54.6 Å². The first-order valence-corrected chi connectivity index (χ1v) is 16.0. The molecule has 2 heterocycles. The van der Waals surface area contributed by atoms with Gasteiger partial charge in [0.15, 0.2) is 11.0 Å². The first-order valence-electron chi connectivity index (χ1n) is 13.4. The monoisotopic (exact) mass is 662 g/mol. The Bertz CT molecular complexity index is 1830. The van der Waals surface area contributed by atoms with Crippen LogP contribution in [0.15, 0.2) is 89.8 Å². The molecule has 238 valence electrons. The Hall–Kier alpha value is -4.34. The maximum absolute atomic E-state index is 13.2. The highest BCUT2D eigenvalue weighted by Crippen LogP contribution is 2.33. The Morgan fingerprint density at radius 2 is 1.58 bits per heavy atom. The molecule has 5 rings (SSSR count). The number of aromatic nitrogens is 2. The lowest BCUT2D eigenvalue weighted by atomic mass is 10.0. The number of sulfonamides is 1. The molecule has 0 saturated carbocycles. The zero-order valence-electron chi connectivity index (χ0n) is 24.2. The maximum Gasteiger partial charge on any atom is 0.490 e.